The number of nitrogens with zero attached hydrogens (tertiary/aromatic N) is 1. The number of carbonyl (C=O) groups is 2. The van der Waals surface area contributed by atoms with Gasteiger partial charge in [0.05, 0.1) is 16.5 Å². The van der Waals surface area contributed by atoms with Gasteiger partial charge >= 0.3 is 6.09 Å². The first-order valence-electron chi connectivity index (χ1n) is 10.5. The zero-order valence-electron chi connectivity index (χ0n) is 18.3. The Morgan fingerprint density at radius 1 is 1.09 bits per heavy atom. The lowest BCUT2D eigenvalue weighted by molar-refractivity contribution is -0.0601. The van der Waals surface area contributed by atoms with Crippen molar-refractivity contribution in [3.63, 3.8) is 0 Å². The third-order valence-electron chi connectivity index (χ3n) is 6.42. The minimum Gasteiger partial charge on any atom is -0.465 e. The van der Waals surface area contributed by atoms with Crippen molar-refractivity contribution < 1.29 is 19.5 Å². The second-order valence-electron chi connectivity index (χ2n) is 9.50. The Labute approximate surface area is 192 Å². The smallest absolute Gasteiger partial charge is 0.407 e. The molecule has 0 saturated carbocycles. The monoisotopic (exact) mass is 453 g/mol. The molecule has 2 amide bonds. The molecule has 2 saturated heterocycles. The fourth-order valence-electron chi connectivity index (χ4n) is 5.05. The minimum atomic E-state index is -1.04. The Kier molecular flexibility index (Phi) is 5.56. The maximum atomic E-state index is 13.0. The number of hydrogen-bond acceptors (Lipinski definition) is 5. The van der Waals surface area contributed by atoms with Crippen LogP contribution in [0.2, 0.25) is 0 Å². The maximum Gasteiger partial charge on any atom is 0.407 e. The van der Waals surface area contributed by atoms with Crippen LogP contribution in [0.1, 0.15) is 36.7 Å². The van der Waals surface area contributed by atoms with Crippen molar-refractivity contribution in [2.45, 2.75) is 32.4 Å². The van der Waals surface area contributed by atoms with Gasteiger partial charge in [-0.3, -0.25) is 9.63 Å². The summed E-state index contributed by atoms with van der Waals surface area (Å²) in [6.45, 7) is 6.30. The molecule has 7 nitrogen and oxygen atoms in total. The number of rotatable bonds is 3. The molecule has 2 heterocycles. The van der Waals surface area contributed by atoms with E-state index in [1.807, 2.05) is 57.2 Å². The molecule has 3 atom stereocenters. The molecular formula is C24H27N3O4S. The van der Waals surface area contributed by atoms with E-state index >= 15 is 0 Å². The molecule has 2 aliphatic rings. The molecule has 0 aromatic heterocycles. The molecular weight excluding hydrogens is 426 g/mol. The Hall–Kier alpha value is -2.81. The van der Waals surface area contributed by atoms with Crippen LogP contribution in [-0.4, -0.2) is 46.2 Å². The lowest BCUT2D eigenvalue weighted by Gasteiger charge is -2.44. The number of hydrogen-bond donors (Lipinski definition) is 3. The van der Waals surface area contributed by atoms with Crippen LogP contribution in [0.5, 0.6) is 0 Å². The van der Waals surface area contributed by atoms with Crippen molar-refractivity contribution in [1.82, 2.24) is 15.7 Å². The summed E-state index contributed by atoms with van der Waals surface area (Å²) >= 11 is 5.90. The zero-order chi connectivity index (χ0) is 23.1. The van der Waals surface area contributed by atoms with E-state index < -0.39 is 28.6 Å². The van der Waals surface area contributed by atoms with E-state index in [1.165, 1.54) is 4.90 Å². The predicted octanol–water partition coefficient (Wildman–Crippen LogP) is 3.57. The van der Waals surface area contributed by atoms with E-state index in [-0.39, 0.29) is 24.0 Å². The van der Waals surface area contributed by atoms with Gasteiger partial charge in [-0.05, 0) is 23.1 Å². The maximum absolute atomic E-state index is 13.0. The highest BCUT2D eigenvalue weighted by Crippen LogP contribution is 2.57. The highest BCUT2D eigenvalue weighted by molar-refractivity contribution is 7.80. The molecule has 32 heavy (non-hydrogen) atoms. The summed E-state index contributed by atoms with van der Waals surface area (Å²) in [5.41, 5.74) is 2.15. The molecule has 0 radical (unpaired) electrons. The van der Waals surface area contributed by atoms with E-state index in [2.05, 4.69) is 10.8 Å². The first kappa shape index (κ1) is 22.4. The van der Waals surface area contributed by atoms with E-state index in [9.17, 15) is 14.7 Å². The quantitative estimate of drug-likeness (QED) is 0.616. The Bertz CT molecular complexity index is 1040. The normalized spacial score (nSPS) is 27.1. The minimum absolute atomic E-state index is 0.0973. The Balaban J connectivity index is 1.85. The summed E-state index contributed by atoms with van der Waals surface area (Å²) in [6.07, 6.45) is -1.54. The summed E-state index contributed by atoms with van der Waals surface area (Å²) in [7, 11) is 0. The van der Waals surface area contributed by atoms with E-state index in [0.717, 1.165) is 5.56 Å². The topological polar surface area (TPSA) is 90.9 Å². The third-order valence-corrected chi connectivity index (χ3v) is 6.89. The Morgan fingerprint density at radius 2 is 1.69 bits per heavy atom. The average molecular weight is 454 g/mol. The molecule has 2 aromatic rings. The molecule has 0 bridgehead atoms. The number of carboxylic acid groups (broad SMARTS) is 1. The third kappa shape index (κ3) is 3.39. The van der Waals surface area contributed by atoms with Gasteiger partial charge in [-0.2, -0.15) is 5.48 Å². The van der Waals surface area contributed by atoms with E-state index in [0.29, 0.717) is 5.56 Å². The molecule has 4 rings (SSSR count). The van der Waals surface area contributed by atoms with Crippen LogP contribution < -0.4 is 10.8 Å². The van der Waals surface area contributed by atoms with Crippen molar-refractivity contribution in [2.24, 2.45) is 10.8 Å². The average Bonchev–Trinajstić information content (AvgIpc) is 3.28. The van der Waals surface area contributed by atoms with Crippen LogP contribution in [0, 0.1) is 10.8 Å². The first-order chi connectivity index (χ1) is 15.1. The highest BCUT2D eigenvalue weighted by Gasteiger charge is 2.72. The van der Waals surface area contributed by atoms with Crippen molar-refractivity contribution in [3.8, 4) is 0 Å². The summed E-state index contributed by atoms with van der Waals surface area (Å²) < 4.78 is 0. The molecule has 2 aliphatic heterocycles. The van der Waals surface area contributed by atoms with Crippen LogP contribution in [0.4, 0.5) is 4.79 Å². The lowest BCUT2D eigenvalue weighted by atomic mass is 9.60. The molecule has 2 fully saturated rings. The van der Waals surface area contributed by atoms with Crippen molar-refractivity contribution >= 4 is 29.2 Å². The Morgan fingerprint density at radius 3 is 2.25 bits per heavy atom. The first-order valence-corrected chi connectivity index (χ1v) is 10.9. The summed E-state index contributed by atoms with van der Waals surface area (Å²) in [6, 6.07) is 18.4. The van der Waals surface area contributed by atoms with Crippen LogP contribution in [0.25, 0.3) is 0 Å². The van der Waals surface area contributed by atoms with Gasteiger partial charge in [0.2, 0.25) is 0 Å². The van der Waals surface area contributed by atoms with Gasteiger partial charge in [0.15, 0.2) is 0 Å². The molecule has 0 aliphatic carbocycles. The van der Waals surface area contributed by atoms with Gasteiger partial charge in [0.1, 0.15) is 5.54 Å². The van der Waals surface area contributed by atoms with E-state index in [1.54, 1.807) is 24.3 Å². The fraction of sp³-hybridized carbons (Fsp3) is 0.375. The molecule has 8 heteroatoms. The van der Waals surface area contributed by atoms with Crippen LogP contribution in [0.3, 0.4) is 0 Å². The summed E-state index contributed by atoms with van der Waals surface area (Å²) in [5, 5.41) is 12.8. The number of amides is 2. The van der Waals surface area contributed by atoms with E-state index in [4.69, 9.17) is 17.1 Å². The summed E-state index contributed by atoms with van der Waals surface area (Å²) in [4.78, 5) is 32.9. The largest absolute Gasteiger partial charge is 0.465 e. The van der Waals surface area contributed by atoms with Crippen LogP contribution in [-0.2, 0) is 10.4 Å². The van der Waals surface area contributed by atoms with Crippen LogP contribution in [0.15, 0.2) is 60.7 Å². The number of hydroxylamine groups is 1. The fourth-order valence-corrected chi connectivity index (χ4v) is 5.49. The van der Waals surface area contributed by atoms with Crippen molar-refractivity contribution in [2.75, 3.05) is 13.1 Å². The molecule has 3 unspecified atom stereocenters. The number of benzene rings is 2. The van der Waals surface area contributed by atoms with Crippen molar-refractivity contribution in [1.29, 1.82) is 0 Å². The number of carbonyl (C=O) groups excluding carboxylic acids is 1. The number of likely N-dealkylation sites (tertiary alicyclic amines) is 1. The number of fused-ring (bicyclic) bond motifs is 1. The standard InChI is InChI=1S/C24H27N3O4S/c1-22(2,3)19-23(20(32)25-18(28)16-10-6-4-7-11-16)14-27(21(29)30)15-24(23,26-31-19)17-12-8-5-9-13-17/h4-13,19,26H,14-15H2,1-3H3,(H,29,30)(H,25,28,32). The predicted molar refractivity (Wildman–Crippen MR) is 124 cm³/mol. The molecule has 0 spiro atoms. The SMILES string of the molecule is CC(C)(C)C1ONC2(c3ccccc3)CN(C(=O)O)CC12C(=S)NC(=O)c1ccccc1. The van der Waals surface area contributed by atoms with Crippen molar-refractivity contribution in [3.05, 3.63) is 71.8 Å². The lowest BCUT2D eigenvalue weighted by Crippen LogP contribution is -2.61. The summed E-state index contributed by atoms with van der Waals surface area (Å²) in [5.74, 6) is -0.333. The molecule has 168 valence electrons. The van der Waals surface area contributed by atoms with Crippen LogP contribution >= 0.6 is 12.2 Å². The molecule has 3 N–H and O–H groups in total. The number of thiocarbonyl (C=S) groups is 1. The zero-order valence-corrected chi connectivity index (χ0v) is 19.1. The second kappa shape index (κ2) is 7.95. The van der Waals surface area contributed by atoms with Gasteiger partial charge in [0.25, 0.3) is 5.91 Å². The number of nitrogens with one attached hydrogen (secondary N) is 2. The van der Waals surface area contributed by atoms with Gasteiger partial charge < -0.3 is 15.3 Å². The highest BCUT2D eigenvalue weighted by atomic mass is 32.1. The van der Waals surface area contributed by atoms with Gasteiger partial charge in [-0.1, -0.05) is 81.5 Å². The molecule has 2 aromatic carbocycles. The van der Waals surface area contributed by atoms with Gasteiger partial charge in [-0.15, -0.1) is 0 Å². The second-order valence-corrected chi connectivity index (χ2v) is 9.90. The van der Waals surface area contributed by atoms with Gasteiger partial charge in [0, 0.05) is 18.7 Å². The van der Waals surface area contributed by atoms with Gasteiger partial charge in [-0.25, -0.2) is 4.79 Å².